The molecule has 0 aliphatic rings. The molecule has 13 heavy (non-hydrogen) atoms. The number of aromatic hydroxyl groups is 1. The first kappa shape index (κ1) is 9.64. The van der Waals surface area contributed by atoms with Crippen LogP contribution < -0.4 is 0 Å². The fourth-order valence-corrected chi connectivity index (χ4v) is 0.776. The van der Waals surface area contributed by atoms with Crippen molar-refractivity contribution in [1.29, 1.82) is 0 Å². The fourth-order valence-electron chi connectivity index (χ4n) is 0.776. The van der Waals surface area contributed by atoms with Crippen LogP contribution in [0.5, 0.6) is 5.75 Å². The van der Waals surface area contributed by atoms with Crippen LogP contribution in [0.3, 0.4) is 0 Å². The van der Waals surface area contributed by atoms with Gasteiger partial charge in [0, 0.05) is 6.08 Å². The summed E-state index contributed by atoms with van der Waals surface area (Å²) in [4.78, 5) is 0. The van der Waals surface area contributed by atoms with Crippen LogP contribution in [-0.4, -0.2) is 11.3 Å². The number of halogens is 3. The van der Waals surface area contributed by atoms with Gasteiger partial charge in [-0.05, 0) is 17.7 Å². The van der Waals surface area contributed by atoms with Crippen LogP contribution in [0.25, 0.3) is 6.08 Å². The molecule has 0 atom stereocenters. The SMILES string of the molecule is Oc1ccc(C=CC(F)(F)F)cc1. The second-order valence-corrected chi connectivity index (χ2v) is 2.47. The highest BCUT2D eigenvalue weighted by molar-refractivity contribution is 5.50. The molecule has 0 fully saturated rings. The topological polar surface area (TPSA) is 20.2 Å². The van der Waals surface area contributed by atoms with E-state index in [1.807, 2.05) is 0 Å². The molecule has 1 aromatic carbocycles. The maximum atomic E-state index is 11.7. The predicted molar refractivity (Wildman–Crippen MR) is 43.2 cm³/mol. The first-order chi connectivity index (χ1) is 5.97. The minimum Gasteiger partial charge on any atom is -0.508 e. The van der Waals surface area contributed by atoms with E-state index < -0.39 is 6.18 Å². The molecule has 0 radical (unpaired) electrons. The van der Waals surface area contributed by atoms with E-state index in [4.69, 9.17) is 5.11 Å². The molecule has 1 aromatic rings. The first-order valence-electron chi connectivity index (χ1n) is 3.52. The molecule has 1 N–H and O–H groups in total. The second kappa shape index (κ2) is 3.51. The molecule has 0 unspecified atom stereocenters. The van der Waals surface area contributed by atoms with E-state index >= 15 is 0 Å². The summed E-state index contributed by atoms with van der Waals surface area (Å²) in [6.07, 6.45) is -3.20. The maximum Gasteiger partial charge on any atom is 0.409 e. The monoisotopic (exact) mass is 188 g/mol. The number of alkyl halides is 3. The van der Waals surface area contributed by atoms with Gasteiger partial charge >= 0.3 is 6.18 Å². The summed E-state index contributed by atoms with van der Waals surface area (Å²) in [5.74, 6) is 0.0316. The number of allylic oxidation sites excluding steroid dienone is 1. The Morgan fingerprint density at radius 1 is 1.08 bits per heavy atom. The lowest BCUT2D eigenvalue weighted by Gasteiger charge is -1.97. The molecule has 0 bridgehead atoms. The molecule has 70 valence electrons. The highest BCUT2D eigenvalue weighted by Gasteiger charge is 2.21. The zero-order chi connectivity index (χ0) is 9.90. The number of rotatable bonds is 1. The molecular formula is C9H7F3O. The number of phenols is 1. The normalized spacial score (nSPS) is 12.2. The average molecular weight is 188 g/mol. The fraction of sp³-hybridized carbons (Fsp3) is 0.111. The summed E-state index contributed by atoms with van der Waals surface area (Å²) < 4.78 is 35.1. The van der Waals surface area contributed by atoms with Crippen LogP contribution in [0.4, 0.5) is 13.2 Å². The number of hydrogen-bond donors (Lipinski definition) is 1. The largest absolute Gasteiger partial charge is 0.508 e. The highest BCUT2D eigenvalue weighted by atomic mass is 19.4. The molecule has 0 heterocycles. The van der Waals surface area contributed by atoms with Crippen molar-refractivity contribution >= 4 is 6.08 Å². The van der Waals surface area contributed by atoms with Crippen molar-refractivity contribution in [2.45, 2.75) is 6.18 Å². The van der Waals surface area contributed by atoms with Gasteiger partial charge in [0.1, 0.15) is 5.75 Å². The third-order valence-corrected chi connectivity index (χ3v) is 1.36. The predicted octanol–water partition coefficient (Wildman–Crippen LogP) is 2.97. The van der Waals surface area contributed by atoms with Crippen LogP contribution in [0.15, 0.2) is 30.3 Å². The summed E-state index contributed by atoms with van der Waals surface area (Å²) in [5.41, 5.74) is 0.398. The Morgan fingerprint density at radius 2 is 1.62 bits per heavy atom. The lowest BCUT2D eigenvalue weighted by molar-refractivity contribution is -0.0790. The van der Waals surface area contributed by atoms with Crippen LogP contribution in [0.2, 0.25) is 0 Å². The van der Waals surface area contributed by atoms with Crippen molar-refractivity contribution in [3.8, 4) is 5.75 Å². The van der Waals surface area contributed by atoms with Gasteiger partial charge in [-0.25, -0.2) is 0 Å². The van der Waals surface area contributed by atoms with Crippen LogP contribution >= 0.6 is 0 Å². The smallest absolute Gasteiger partial charge is 0.409 e. The standard InChI is InChI=1S/C9H7F3O/c10-9(11,12)6-5-7-1-3-8(13)4-2-7/h1-6,13H. The van der Waals surface area contributed by atoms with Gasteiger partial charge in [0.2, 0.25) is 0 Å². The van der Waals surface area contributed by atoms with Gasteiger partial charge in [-0.3, -0.25) is 0 Å². The molecular weight excluding hydrogens is 181 g/mol. The average Bonchev–Trinajstić information content (AvgIpc) is 2.02. The van der Waals surface area contributed by atoms with Crippen molar-refractivity contribution < 1.29 is 18.3 Å². The Labute approximate surface area is 73.1 Å². The van der Waals surface area contributed by atoms with Gasteiger partial charge in [0.05, 0.1) is 0 Å². The third kappa shape index (κ3) is 3.64. The molecule has 1 nitrogen and oxygen atoms in total. The maximum absolute atomic E-state index is 11.7. The summed E-state index contributed by atoms with van der Waals surface area (Å²) >= 11 is 0. The Hall–Kier alpha value is -1.45. The van der Waals surface area contributed by atoms with Gasteiger partial charge in [-0.15, -0.1) is 0 Å². The van der Waals surface area contributed by atoms with E-state index in [0.29, 0.717) is 5.56 Å². The third-order valence-electron chi connectivity index (χ3n) is 1.36. The molecule has 0 aliphatic heterocycles. The molecule has 0 amide bonds. The molecule has 1 rings (SSSR count). The quantitative estimate of drug-likeness (QED) is 0.718. The van der Waals surface area contributed by atoms with E-state index in [-0.39, 0.29) is 11.8 Å². The van der Waals surface area contributed by atoms with E-state index in [1.165, 1.54) is 24.3 Å². The highest BCUT2D eigenvalue weighted by Crippen LogP contribution is 2.18. The van der Waals surface area contributed by atoms with Gasteiger partial charge < -0.3 is 5.11 Å². The summed E-state index contributed by atoms with van der Waals surface area (Å²) in [6, 6.07) is 5.46. The second-order valence-electron chi connectivity index (χ2n) is 2.47. The Balaban J connectivity index is 2.75. The number of hydrogen-bond acceptors (Lipinski definition) is 1. The molecule has 0 spiro atoms. The summed E-state index contributed by atoms with van der Waals surface area (Å²) in [7, 11) is 0. The Morgan fingerprint density at radius 3 is 2.08 bits per heavy atom. The Bertz CT molecular complexity index is 298. The molecule has 0 aromatic heterocycles. The number of phenolic OH excluding ortho intramolecular Hbond substituents is 1. The minimum atomic E-state index is -4.29. The Kier molecular flexibility index (Phi) is 2.60. The van der Waals surface area contributed by atoms with Crippen molar-refractivity contribution in [2.24, 2.45) is 0 Å². The lowest BCUT2D eigenvalue weighted by atomic mass is 10.2. The summed E-state index contributed by atoms with van der Waals surface area (Å²) in [6.45, 7) is 0. The van der Waals surface area contributed by atoms with Gasteiger partial charge in [-0.2, -0.15) is 13.2 Å². The zero-order valence-electron chi connectivity index (χ0n) is 6.55. The van der Waals surface area contributed by atoms with E-state index in [1.54, 1.807) is 0 Å². The molecule has 0 saturated carbocycles. The minimum absolute atomic E-state index is 0.0316. The lowest BCUT2D eigenvalue weighted by Crippen LogP contribution is -1.99. The van der Waals surface area contributed by atoms with Crippen molar-refractivity contribution in [1.82, 2.24) is 0 Å². The number of benzene rings is 1. The van der Waals surface area contributed by atoms with Crippen LogP contribution in [0, 0.1) is 0 Å². The van der Waals surface area contributed by atoms with E-state index in [2.05, 4.69) is 0 Å². The van der Waals surface area contributed by atoms with Crippen LogP contribution in [0.1, 0.15) is 5.56 Å². The van der Waals surface area contributed by atoms with Crippen molar-refractivity contribution in [3.05, 3.63) is 35.9 Å². The zero-order valence-corrected chi connectivity index (χ0v) is 6.55. The molecule has 0 saturated heterocycles. The van der Waals surface area contributed by atoms with Crippen molar-refractivity contribution in [2.75, 3.05) is 0 Å². The van der Waals surface area contributed by atoms with Gasteiger partial charge in [-0.1, -0.05) is 18.2 Å². The van der Waals surface area contributed by atoms with Gasteiger partial charge in [0.25, 0.3) is 0 Å². The van der Waals surface area contributed by atoms with Crippen molar-refractivity contribution in [3.63, 3.8) is 0 Å². The first-order valence-corrected chi connectivity index (χ1v) is 3.52. The molecule has 4 heteroatoms. The summed E-state index contributed by atoms with van der Waals surface area (Å²) in [5, 5.41) is 8.84. The van der Waals surface area contributed by atoms with Crippen LogP contribution in [-0.2, 0) is 0 Å². The van der Waals surface area contributed by atoms with Gasteiger partial charge in [0.15, 0.2) is 0 Å². The van der Waals surface area contributed by atoms with E-state index in [9.17, 15) is 13.2 Å². The molecule has 0 aliphatic carbocycles. The van der Waals surface area contributed by atoms with E-state index in [0.717, 1.165) is 6.08 Å².